The Kier molecular flexibility index (Phi) is 5.99. The molecule has 1 aromatic heterocycles. The number of amides is 1. The molecule has 4 nitrogen and oxygen atoms in total. The summed E-state index contributed by atoms with van der Waals surface area (Å²) in [6.45, 7) is 4.12. The molecule has 0 unspecified atom stereocenters. The minimum absolute atomic E-state index is 0.0795. The lowest BCUT2D eigenvalue weighted by molar-refractivity contribution is 0.102. The van der Waals surface area contributed by atoms with Crippen molar-refractivity contribution >= 4 is 22.6 Å². The zero-order valence-corrected chi connectivity index (χ0v) is 17.8. The lowest BCUT2D eigenvalue weighted by atomic mass is 10.1. The van der Waals surface area contributed by atoms with Gasteiger partial charge in [-0.15, -0.1) is 0 Å². The van der Waals surface area contributed by atoms with Crippen LogP contribution in [0.25, 0.3) is 22.3 Å². The Morgan fingerprint density at radius 2 is 1.68 bits per heavy atom. The van der Waals surface area contributed by atoms with E-state index >= 15 is 0 Å². The fraction of sp³-hybridized carbons (Fsp3) is 0.185. The number of nitrogens with one attached hydrogen (secondary N) is 1. The molecular weight excluding hydrogens is 386 g/mol. The highest BCUT2D eigenvalue weighted by Gasteiger charge is 2.10. The van der Waals surface area contributed by atoms with E-state index in [4.69, 9.17) is 4.42 Å². The molecule has 0 saturated heterocycles. The number of hydrogen-bond donors (Lipinski definition) is 1. The summed E-state index contributed by atoms with van der Waals surface area (Å²) in [6, 6.07) is 22.1. The molecule has 0 bridgehead atoms. The van der Waals surface area contributed by atoms with Crippen LogP contribution in [0.4, 0.5) is 5.69 Å². The molecule has 4 rings (SSSR count). The fourth-order valence-electron chi connectivity index (χ4n) is 3.54. The maximum absolute atomic E-state index is 12.6. The number of benzene rings is 3. The molecule has 1 N–H and O–H groups in total. The van der Waals surface area contributed by atoms with Gasteiger partial charge in [-0.3, -0.25) is 9.59 Å². The maximum atomic E-state index is 12.6. The standard InChI is InChI=1S/C27H25NO3/c1-3-4-5-19-7-13-22(14-8-19)28-27(30)21-11-9-20(10-12-21)26-17-24(29)23-16-18(2)6-15-25(23)31-26/h6-17H,3-5H2,1-2H3,(H,28,30). The SMILES string of the molecule is CCCCc1ccc(NC(=O)c2ccc(-c3cc(=O)c4cc(C)ccc4o3)cc2)cc1. The molecule has 0 aliphatic rings. The number of aryl methyl sites for hydroxylation is 2. The van der Waals surface area contributed by atoms with Gasteiger partial charge in [-0.05, 0) is 61.7 Å². The van der Waals surface area contributed by atoms with E-state index in [0.717, 1.165) is 36.1 Å². The molecule has 0 aliphatic carbocycles. The van der Waals surface area contributed by atoms with Crippen molar-refractivity contribution < 1.29 is 9.21 Å². The Morgan fingerprint density at radius 3 is 2.39 bits per heavy atom. The Morgan fingerprint density at radius 1 is 0.935 bits per heavy atom. The van der Waals surface area contributed by atoms with Gasteiger partial charge in [0.25, 0.3) is 5.91 Å². The molecular formula is C27H25NO3. The van der Waals surface area contributed by atoms with Gasteiger partial charge >= 0.3 is 0 Å². The molecule has 0 radical (unpaired) electrons. The van der Waals surface area contributed by atoms with Crippen LogP contribution in [-0.2, 0) is 6.42 Å². The minimum Gasteiger partial charge on any atom is -0.456 e. The largest absolute Gasteiger partial charge is 0.456 e. The summed E-state index contributed by atoms with van der Waals surface area (Å²) < 4.78 is 5.92. The molecule has 1 amide bonds. The van der Waals surface area contributed by atoms with Gasteiger partial charge in [0.15, 0.2) is 5.43 Å². The van der Waals surface area contributed by atoms with Gasteiger partial charge < -0.3 is 9.73 Å². The van der Waals surface area contributed by atoms with E-state index in [0.29, 0.717) is 22.3 Å². The second kappa shape index (κ2) is 9.00. The predicted molar refractivity (Wildman–Crippen MR) is 126 cm³/mol. The highest BCUT2D eigenvalue weighted by molar-refractivity contribution is 6.04. The molecule has 4 aromatic rings. The Hall–Kier alpha value is -3.66. The van der Waals surface area contributed by atoms with Crippen molar-refractivity contribution in [2.75, 3.05) is 5.32 Å². The van der Waals surface area contributed by atoms with E-state index in [9.17, 15) is 9.59 Å². The van der Waals surface area contributed by atoms with Gasteiger partial charge in [0.1, 0.15) is 11.3 Å². The molecule has 0 saturated carbocycles. The zero-order chi connectivity index (χ0) is 21.8. The minimum atomic E-state index is -0.178. The first-order chi connectivity index (χ1) is 15.0. The monoisotopic (exact) mass is 411 g/mol. The van der Waals surface area contributed by atoms with Crippen LogP contribution in [0.2, 0.25) is 0 Å². The maximum Gasteiger partial charge on any atom is 0.255 e. The first-order valence-electron chi connectivity index (χ1n) is 10.6. The summed E-state index contributed by atoms with van der Waals surface area (Å²) in [7, 11) is 0. The average molecular weight is 412 g/mol. The summed E-state index contributed by atoms with van der Waals surface area (Å²) in [5.74, 6) is 0.305. The summed E-state index contributed by atoms with van der Waals surface area (Å²) in [4.78, 5) is 25.1. The van der Waals surface area contributed by atoms with E-state index < -0.39 is 0 Å². The lowest BCUT2D eigenvalue weighted by Crippen LogP contribution is -2.11. The molecule has 0 atom stereocenters. The van der Waals surface area contributed by atoms with Crippen molar-refractivity contribution in [1.29, 1.82) is 0 Å². The second-order valence-corrected chi connectivity index (χ2v) is 7.81. The van der Waals surface area contributed by atoms with Gasteiger partial charge in [-0.25, -0.2) is 0 Å². The molecule has 3 aromatic carbocycles. The number of fused-ring (bicyclic) bond motifs is 1. The number of rotatable bonds is 6. The third kappa shape index (κ3) is 4.75. The van der Waals surface area contributed by atoms with Crippen LogP contribution in [0.5, 0.6) is 0 Å². The number of carbonyl (C=O) groups is 1. The van der Waals surface area contributed by atoms with Crippen molar-refractivity contribution in [2.45, 2.75) is 33.1 Å². The first kappa shape index (κ1) is 20.6. The van der Waals surface area contributed by atoms with E-state index in [1.807, 2.05) is 37.3 Å². The molecule has 0 aliphatic heterocycles. The average Bonchev–Trinajstić information content (AvgIpc) is 2.79. The highest BCUT2D eigenvalue weighted by atomic mass is 16.3. The summed E-state index contributed by atoms with van der Waals surface area (Å²) >= 11 is 0. The van der Waals surface area contributed by atoms with E-state index in [-0.39, 0.29) is 11.3 Å². The summed E-state index contributed by atoms with van der Waals surface area (Å²) in [5.41, 5.74) is 4.82. The van der Waals surface area contributed by atoms with Gasteiger partial charge in [0, 0.05) is 22.9 Å². The van der Waals surface area contributed by atoms with E-state index in [1.54, 1.807) is 24.3 Å². The Labute approximate surface area is 181 Å². The summed E-state index contributed by atoms with van der Waals surface area (Å²) in [5, 5.41) is 3.50. The number of unbranched alkanes of at least 4 members (excludes halogenated alkanes) is 1. The van der Waals surface area contributed by atoms with Crippen LogP contribution in [0.1, 0.15) is 41.3 Å². The number of hydrogen-bond acceptors (Lipinski definition) is 3. The van der Waals surface area contributed by atoms with Crippen LogP contribution >= 0.6 is 0 Å². The molecule has 0 fully saturated rings. The molecule has 1 heterocycles. The fourth-order valence-corrected chi connectivity index (χ4v) is 3.54. The van der Waals surface area contributed by atoms with Crippen molar-refractivity contribution in [2.24, 2.45) is 0 Å². The molecule has 0 spiro atoms. The Balaban J connectivity index is 1.50. The van der Waals surface area contributed by atoms with Crippen molar-refractivity contribution in [1.82, 2.24) is 0 Å². The predicted octanol–water partition coefficient (Wildman–Crippen LogP) is 6.36. The van der Waals surface area contributed by atoms with E-state index in [1.165, 1.54) is 11.6 Å². The van der Waals surface area contributed by atoms with Crippen LogP contribution in [0.3, 0.4) is 0 Å². The lowest BCUT2D eigenvalue weighted by Gasteiger charge is -2.08. The second-order valence-electron chi connectivity index (χ2n) is 7.81. The van der Waals surface area contributed by atoms with Crippen LogP contribution in [0, 0.1) is 6.92 Å². The number of anilines is 1. The first-order valence-corrected chi connectivity index (χ1v) is 10.6. The van der Waals surface area contributed by atoms with Crippen LogP contribution in [0.15, 0.2) is 82.0 Å². The molecule has 4 heteroatoms. The van der Waals surface area contributed by atoms with Crippen LogP contribution < -0.4 is 10.7 Å². The van der Waals surface area contributed by atoms with Gasteiger partial charge in [-0.2, -0.15) is 0 Å². The van der Waals surface area contributed by atoms with Crippen LogP contribution in [-0.4, -0.2) is 5.91 Å². The number of carbonyl (C=O) groups excluding carboxylic acids is 1. The Bertz CT molecular complexity index is 1270. The van der Waals surface area contributed by atoms with Gasteiger partial charge in [0.05, 0.1) is 5.39 Å². The zero-order valence-electron chi connectivity index (χ0n) is 17.8. The van der Waals surface area contributed by atoms with E-state index in [2.05, 4.69) is 24.4 Å². The topological polar surface area (TPSA) is 59.3 Å². The normalized spacial score (nSPS) is 10.9. The smallest absolute Gasteiger partial charge is 0.255 e. The molecule has 31 heavy (non-hydrogen) atoms. The molecule has 156 valence electrons. The summed E-state index contributed by atoms with van der Waals surface area (Å²) in [6.07, 6.45) is 3.38. The van der Waals surface area contributed by atoms with Crippen molar-refractivity contribution in [3.8, 4) is 11.3 Å². The van der Waals surface area contributed by atoms with Crippen molar-refractivity contribution in [3.63, 3.8) is 0 Å². The third-order valence-electron chi connectivity index (χ3n) is 5.35. The quantitative estimate of drug-likeness (QED) is 0.401. The third-order valence-corrected chi connectivity index (χ3v) is 5.35. The van der Waals surface area contributed by atoms with Gasteiger partial charge in [-0.1, -0.05) is 49.2 Å². The highest BCUT2D eigenvalue weighted by Crippen LogP contribution is 2.23. The van der Waals surface area contributed by atoms with Crippen molar-refractivity contribution in [3.05, 3.63) is 99.7 Å². The van der Waals surface area contributed by atoms with Gasteiger partial charge in [0.2, 0.25) is 0 Å².